The Labute approximate surface area is 126 Å². The minimum atomic E-state index is -0.628. The second kappa shape index (κ2) is 5.48. The molecule has 0 aliphatic rings. The van der Waals surface area contributed by atoms with E-state index < -0.39 is 12.1 Å². The van der Waals surface area contributed by atoms with E-state index in [2.05, 4.69) is 4.98 Å². The van der Waals surface area contributed by atoms with E-state index in [4.69, 9.17) is 9.15 Å². The monoisotopic (exact) mass is 298 g/mol. The van der Waals surface area contributed by atoms with Crippen LogP contribution >= 0.6 is 0 Å². The van der Waals surface area contributed by atoms with Crippen molar-refractivity contribution in [3.05, 3.63) is 64.4 Å². The number of carbonyl (C=O) groups is 1. The molecule has 112 valence electrons. The second-order valence-corrected chi connectivity index (χ2v) is 4.93. The van der Waals surface area contributed by atoms with Gasteiger partial charge in [-0.15, -0.1) is 0 Å². The number of hydrogen-bond donors (Lipinski definition) is 0. The van der Waals surface area contributed by atoms with E-state index in [9.17, 15) is 9.59 Å². The molecular formula is C16H14N2O4. The third-order valence-electron chi connectivity index (χ3n) is 3.26. The minimum absolute atomic E-state index is 0.191. The van der Waals surface area contributed by atoms with Gasteiger partial charge in [-0.25, -0.2) is 9.78 Å². The number of fused-ring (bicyclic) bond motifs is 1. The second-order valence-electron chi connectivity index (χ2n) is 4.93. The van der Waals surface area contributed by atoms with Gasteiger partial charge in [0.1, 0.15) is 5.52 Å². The van der Waals surface area contributed by atoms with Gasteiger partial charge in [-0.3, -0.25) is 4.79 Å². The molecule has 6 nitrogen and oxygen atoms in total. The standard InChI is InChI=1S/C16H14N2O4/c1-10(15-17-12-5-3-4-6-13(12)22-15)21-16(20)11-7-8-14(19)18(2)9-11/h3-10H,1-2H3/t10-/m1/s1. The van der Waals surface area contributed by atoms with Crippen LogP contribution in [0.2, 0.25) is 0 Å². The van der Waals surface area contributed by atoms with E-state index >= 15 is 0 Å². The zero-order valence-corrected chi connectivity index (χ0v) is 12.1. The molecule has 0 bridgehead atoms. The lowest BCUT2D eigenvalue weighted by molar-refractivity contribution is 0.0281. The van der Waals surface area contributed by atoms with Gasteiger partial charge in [0.05, 0.1) is 5.56 Å². The number of hydrogen-bond acceptors (Lipinski definition) is 5. The molecule has 22 heavy (non-hydrogen) atoms. The van der Waals surface area contributed by atoms with Crippen molar-refractivity contribution in [1.29, 1.82) is 0 Å². The fraction of sp³-hybridized carbons (Fsp3) is 0.188. The predicted octanol–water partition coefficient (Wildman–Crippen LogP) is 2.44. The van der Waals surface area contributed by atoms with E-state index in [-0.39, 0.29) is 5.56 Å². The summed E-state index contributed by atoms with van der Waals surface area (Å²) in [4.78, 5) is 27.7. The number of nitrogens with zero attached hydrogens (tertiary/aromatic N) is 2. The van der Waals surface area contributed by atoms with Crippen LogP contribution in [0.5, 0.6) is 0 Å². The minimum Gasteiger partial charge on any atom is -0.449 e. The van der Waals surface area contributed by atoms with E-state index in [1.165, 1.54) is 22.9 Å². The molecule has 2 heterocycles. The van der Waals surface area contributed by atoms with Crippen molar-refractivity contribution in [3.63, 3.8) is 0 Å². The van der Waals surface area contributed by atoms with Crippen LogP contribution in [0.4, 0.5) is 0 Å². The highest BCUT2D eigenvalue weighted by Crippen LogP contribution is 2.22. The van der Waals surface area contributed by atoms with Crippen LogP contribution in [0, 0.1) is 0 Å². The number of para-hydroxylation sites is 2. The maximum atomic E-state index is 12.1. The maximum Gasteiger partial charge on any atom is 0.340 e. The van der Waals surface area contributed by atoms with E-state index in [1.54, 1.807) is 20.0 Å². The van der Waals surface area contributed by atoms with Crippen LogP contribution in [-0.4, -0.2) is 15.5 Å². The van der Waals surface area contributed by atoms with Crippen LogP contribution in [0.25, 0.3) is 11.1 Å². The molecule has 0 aliphatic carbocycles. The summed E-state index contributed by atoms with van der Waals surface area (Å²) in [6, 6.07) is 10.1. The van der Waals surface area contributed by atoms with E-state index in [1.807, 2.05) is 18.2 Å². The first kappa shape index (κ1) is 14.1. The Bertz CT molecular complexity index is 861. The van der Waals surface area contributed by atoms with Crippen LogP contribution in [0.15, 0.2) is 51.8 Å². The number of oxazole rings is 1. The van der Waals surface area contributed by atoms with Crippen molar-refractivity contribution < 1.29 is 13.9 Å². The Balaban J connectivity index is 1.80. The largest absolute Gasteiger partial charge is 0.449 e. The van der Waals surface area contributed by atoms with Gasteiger partial charge in [0.2, 0.25) is 11.4 Å². The number of esters is 1. The van der Waals surface area contributed by atoms with Crippen LogP contribution in [-0.2, 0) is 11.8 Å². The maximum absolute atomic E-state index is 12.1. The number of pyridine rings is 1. The van der Waals surface area contributed by atoms with Gasteiger partial charge < -0.3 is 13.7 Å². The van der Waals surface area contributed by atoms with Gasteiger partial charge in [0, 0.05) is 19.3 Å². The highest BCUT2D eigenvalue weighted by molar-refractivity contribution is 5.89. The first-order valence-electron chi connectivity index (χ1n) is 6.78. The lowest BCUT2D eigenvalue weighted by Crippen LogP contribution is -2.18. The average molecular weight is 298 g/mol. The van der Waals surface area contributed by atoms with Gasteiger partial charge in [0.25, 0.3) is 0 Å². The van der Waals surface area contributed by atoms with Crippen LogP contribution in [0.3, 0.4) is 0 Å². The van der Waals surface area contributed by atoms with Gasteiger partial charge in [-0.05, 0) is 25.1 Å². The molecule has 3 aromatic rings. The molecular weight excluding hydrogens is 284 g/mol. The fourth-order valence-corrected chi connectivity index (χ4v) is 2.06. The Hall–Kier alpha value is -2.89. The van der Waals surface area contributed by atoms with Gasteiger partial charge in [0.15, 0.2) is 11.7 Å². The molecule has 0 amide bonds. The molecule has 1 aromatic carbocycles. The van der Waals surface area contributed by atoms with Crippen molar-refractivity contribution >= 4 is 17.1 Å². The van der Waals surface area contributed by atoms with Crippen molar-refractivity contribution in [3.8, 4) is 0 Å². The zero-order chi connectivity index (χ0) is 15.7. The zero-order valence-electron chi connectivity index (χ0n) is 12.1. The molecule has 0 N–H and O–H groups in total. The number of aromatic nitrogens is 2. The Morgan fingerprint density at radius 2 is 2.05 bits per heavy atom. The molecule has 0 saturated heterocycles. The van der Waals surface area contributed by atoms with Gasteiger partial charge >= 0.3 is 5.97 Å². The normalized spacial score (nSPS) is 12.3. The number of benzene rings is 1. The smallest absolute Gasteiger partial charge is 0.340 e. The highest BCUT2D eigenvalue weighted by Gasteiger charge is 2.19. The summed E-state index contributed by atoms with van der Waals surface area (Å²) in [6.45, 7) is 1.69. The molecule has 0 radical (unpaired) electrons. The molecule has 3 rings (SSSR count). The van der Waals surface area contributed by atoms with Crippen LogP contribution in [0.1, 0.15) is 29.3 Å². The first-order valence-corrected chi connectivity index (χ1v) is 6.78. The van der Waals surface area contributed by atoms with Crippen molar-refractivity contribution in [1.82, 2.24) is 9.55 Å². The Kier molecular flexibility index (Phi) is 3.50. The lowest BCUT2D eigenvalue weighted by Gasteiger charge is -2.10. The first-order chi connectivity index (χ1) is 10.5. The third kappa shape index (κ3) is 2.63. The third-order valence-corrected chi connectivity index (χ3v) is 3.26. The van der Waals surface area contributed by atoms with E-state index in [0.29, 0.717) is 22.6 Å². The number of aryl methyl sites for hydroxylation is 1. The van der Waals surface area contributed by atoms with Crippen molar-refractivity contribution in [2.24, 2.45) is 7.05 Å². The molecule has 0 fully saturated rings. The summed E-state index contributed by atoms with van der Waals surface area (Å²) >= 11 is 0. The SMILES string of the molecule is C[C@@H](OC(=O)c1ccc(=O)n(C)c1)c1nc2ccccc2o1. The number of carbonyl (C=O) groups excluding carboxylic acids is 1. The Morgan fingerprint density at radius 1 is 1.27 bits per heavy atom. The molecule has 2 aromatic heterocycles. The van der Waals surface area contributed by atoms with Gasteiger partial charge in [-0.1, -0.05) is 12.1 Å². The summed E-state index contributed by atoms with van der Waals surface area (Å²) in [7, 11) is 1.57. The quantitative estimate of drug-likeness (QED) is 0.694. The lowest BCUT2D eigenvalue weighted by atomic mass is 10.3. The molecule has 0 saturated carbocycles. The van der Waals surface area contributed by atoms with E-state index in [0.717, 1.165) is 0 Å². The Morgan fingerprint density at radius 3 is 2.77 bits per heavy atom. The van der Waals surface area contributed by atoms with Gasteiger partial charge in [-0.2, -0.15) is 0 Å². The molecule has 0 unspecified atom stereocenters. The molecule has 0 spiro atoms. The highest BCUT2D eigenvalue weighted by atomic mass is 16.6. The molecule has 0 aliphatic heterocycles. The summed E-state index contributed by atoms with van der Waals surface area (Å²) in [6.07, 6.45) is 0.806. The summed E-state index contributed by atoms with van der Waals surface area (Å²) in [5.41, 5.74) is 1.46. The van der Waals surface area contributed by atoms with Crippen molar-refractivity contribution in [2.75, 3.05) is 0 Å². The fourth-order valence-electron chi connectivity index (χ4n) is 2.06. The number of rotatable bonds is 3. The molecule has 6 heteroatoms. The average Bonchev–Trinajstić information content (AvgIpc) is 2.94. The summed E-state index contributed by atoms with van der Waals surface area (Å²) < 4.78 is 12.2. The summed E-state index contributed by atoms with van der Waals surface area (Å²) in [5, 5.41) is 0. The molecule has 1 atom stereocenters. The topological polar surface area (TPSA) is 74.3 Å². The van der Waals surface area contributed by atoms with Crippen LogP contribution < -0.4 is 5.56 Å². The van der Waals surface area contributed by atoms with Crippen molar-refractivity contribution in [2.45, 2.75) is 13.0 Å². The summed E-state index contributed by atoms with van der Waals surface area (Å²) in [5.74, 6) is -0.204. The number of ether oxygens (including phenoxy) is 1. The predicted molar refractivity (Wildman–Crippen MR) is 79.5 cm³/mol.